The molecule has 31 heavy (non-hydrogen) atoms. The van der Waals surface area contributed by atoms with E-state index in [0.29, 0.717) is 0 Å². The number of carbonyl (C=O) groups excluding carboxylic acids is 1. The Morgan fingerprint density at radius 1 is 1.32 bits per heavy atom. The molecule has 1 aliphatic carbocycles. The molecule has 154 valence electrons. The van der Waals surface area contributed by atoms with Crippen LogP contribution in [-0.4, -0.2) is 20.4 Å². The van der Waals surface area contributed by atoms with Gasteiger partial charge in [-0.25, -0.2) is 13.8 Å². The van der Waals surface area contributed by atoms with Crippen molar-refractivity contribution in [3.63, 3.8) is 0 Å². The van der Waals surface area contributed by atoms with Gasteiger partial charge in [0, 0.05) is 6.20 Å². The lowest BCUT2D eigenvalue weighted by Gasteiger charge is -2.21. The molecule has 9 nitrogen and oxygen atoms in total. The van der Waals surface area contributed by atoms with Gasteiger partial charge in [-0.3, -0.25) is 14.6 Å². The molecule has 2 heterocycles. The molecule has 0 spiro atoms. The van der Waals surface area contributed by atoms with Crippen LogP contribution in [0.4, 0.5) is 4.39 Å². The van der Waals surface area contributed by atoms with Gasteiger partial charge in [0.2, 0.25) is 5.91 Å². The second-order valence-electron chi connectivity index (χ2n) is 7.34. The molecule has 1 amide bonds. The zero-order chi connectivity index (χ0) is 22.3. The molecule has 1 aromatic carbocycles. The Morgan fingerprint density at radius 2 is 2.06 bits per heavy atom. The number of benzene rings is 1. The lowest BCUT2D eigenvalue weighted by Crippen LogP contribution is -2.50. The summed E-state index contributed by atoms with van der Waals surface area (Å²) in [5.41, 5.74) is -2.68. The van der Waals surface area contributed by atoms with Crippen LogP contribution >= 0.6 is 0 Å². The van der Waals surface area contributed by atoms with E-state index in [1.54, 1.807) is 12.1 Å². The largest absolute Gasteiger partial charge is 0.346 e. The molecule has 4 rings (SSSR count). The highest BCUT2D eigenvalue weighted by Gasteiger charge is 2.54. The van der Waals surface area contributed by atoms with E-state index in [4.69, 9.17) is 5.26 Å². The van der Waals surface area contributed by atoms with Gasteiger partial charge in [-0.2, -0.15) is 10.5 Å². The summed E-state index contributed by atoms with van der Waals surface area (Å²) in [6.45, 7) is 1.51. The Kier molecular flexibility index (Phi) is 4.63. The van der Waals surface area contributed by atoms with E-state index in [0.717, 1.165) is 10.6 Å². The Hall–Kier alpha value is -4.31. The average molecular weight is 418 g/mol. The van der Waals surface area contributed by atoms with Gasteiger partial charge in [0.25, 0.3) is 5.56 Å². The van der Waals surface area contributed by atoms with Crippen molar-refractivity contribution in [2.24, 2.45) is 0 Å². The first-order chi connectivity index (χ1) is 14.8. The highest BCUT2D eigenvalue weighted by atomic mass is 19.1. The molecule has 0 saturated heterocycles. The third-order valence-electron chi connectivity index (χ3n) is 5.38. The van der Waals surface area contributed by atoms with Gasteiger partial charge in [0.15, 0.2) is 0 Å². The van der Waals surface area contributed by atoms with Gasteiger partial charge in [-0.15, -0.1) is 0 Å². The molecule has 0 bridgehead atoms. The van der Waals surface area contributed by atoms with Crippen molar-refractivity contribution in [3.05, 3.63) is 73.9 Å². The van der Waals surface area contributed by atoms with E-state index in [-0.39, 0.29) is 40.6 Å². The molecule has 10 heteroatoms. The molecule has 0 aliphatic heterocycles. The van der Waals surface area contributed by atoms with Crippen LogP contribution in [0.1, 0.15) is 42.6 Å². The van der Waals surface area contributed by atoms with Crippen LogP contribution in [0.15, 0.2) is 40.1 Å². The van der Waals surface area contributed by atoms with Crippen LogP contribution in [0.5, 0.6) is 0 Å². The molecule has 1 atom stereocenters. The summed E-state index contributed by atoms with van der Waals surface area (Å²) >= 11 is 0. The van der Waals surface area contributed by atoms with Crippen LogP contribution < -0.4 is 16.6 Å². The number of pyridine rings is 1. The van der Waals surface area contributed by atoms with E-state index < -0.39 is 34.6 Å². The summed E-state index contributed by atoms with van der Waals surface area (Å²) in [5, 5.41) is 20.8. The number of halogens is 1. The highest BCUT2D eigenvalue weighted by molar-refractivity contribution is 5.89. The maximum absolute atomic E-state index is 14.3. The molecule has 1 aliphatic rings. The summed E-state index contributed by atoms with van der Waals surface area (Å²) in [5.74, 6) is -1.39. The Morgan fingerprint density at radius 3 is 2.68 bits per heavy atom. The van der Waals surface area contributed by atoms with Crippen LogP contribution in [0.3, 0.4) is 0 Å². The van der Waals surface area contributed by atoms with E-state index in [1.807, 2.05) is 6.07 Å². The third-order valence-corrected chi connectivity index (χ3v) is 5.38. The highest BCUT2D eigenvalue weighted by Crippen LogP contribution is 2.42. The first-order valence-corrected chi connectivity index (χ1v) is 9.37. The number of nitriles is 2. The number of aromatic nitrogens is 3. The number of carbonyl (C=O) groups is 1. The monoisotopic (exact) mass is 418 g/mol. The van der Waals surface area contributed by atoms with Crippen LogP contribution in [0.2, 0.25) is 0 Å². The van der Waals surface area contributed by atoms with E-state index in [9.17, 15) is 24.0 Å². The van der Waals surface area contributed by atoms with Crippen molar-refractivity contribution in [1.29, 1.82) is 10.5 Å². The second-order valence-corrected chi connectivity index (χ2v) is 7.34. The first kappa shape index (κ1) is 20.0. The predicted octanol–water partition coefficient (Wildman–Crippen LogP) is 1.33. The maximum Gasteiger partial charge on any atom is 0.329 e. The molecule has 2 aromatic heterocycles. The molecule has 0 radical (unpaired) electrons. The minimum Gasteiger partial charge on any atom is -0.346 e. The fraction of sp³-hybridized carbons (Fsp3) is 0.238. The predicted molar refractivity (Wildman–Crippen MR) is 106 cm³/mol. The summed E-state index contributed by atoms with van der Waals surface area (Å²) in [6, 6.07) is 8.34. The van der Waals surface area contributed by atoms with Gasteiger partial charge in [0.1, 0.15) is 23.5 Å². The number of rotatable bonds is 4. The van der Waals surface area contributed by atoms with E-state index >= 15 is 0 Å². The average Bonchev–Trinajstić information content (AvgIpc) is 3.54. The lowest BCUT2D eigenvalue weighted by atomic mass is 10.1. The molecular weight excluding hydrogens is 403 g/mol. The number of aromatic amines is 1. The molecule has 3 aromatic rings. The van der Waals surface area contributed by atoms with Crippen molar-refractivity contribution in [2.75, 3.05) is 0 Å². The number of H-pyrrole nitrogens is 1. The summed E-state index contributed by atoms with van der Waals surface area (Å²) < 4.78 is 15.1. The van der Waals surface area contributed by atoms with Crippen LogP contribution in [0, 0.1) is 28.5 Å². The molecule has 1 saturated carbocycles. The molecular formula is C21H15FN6O3. The minimum absolute atomic E-state index is 0.0246. The fourth-order valence-corrected chi connectivity index (χ4v) is 3.64. The van der Waals surface area contributed by atoms with Crippen molar-refractivity contribution in [1.82, 2.24) is 19.9 Å². The Balaban J connectivity index is 1.73. The third kappa shape index (κ3) is 3.15. The zero-order valence-electron chi connectivity index (χ0n) is 16.3. The minimum atomic E-state index is -1.43. The van der Waals surface area contributed by atoms with Crippen molar-refractivity contribution >= 4 is 16.8 Å². The molecule has 0 unspecified atom stereocenters. The number of nitrogens with zero attached hydrogens (tertiary/aromatic N) is 4. The topological polar surface area (TPSA) is 144 Å². The second kappa shape index (κ2) is 7.18. The number of hydrogen-bond acceptors (Lipinski definition) is 6. The number of fused-ring (bicyclic) bond motifs is 1. The first-order valence-electron chi connectivity index (χ1n) is 9.37. The normalized spacial score (nSPS) is 15.0. The SMILES string of the molecule is C[C@@H](NC(=O)C1(n2c(=O)[nH]c3cccc(C#N)c3c2=O)CC1)c1ncc(C#N)cc1F. The number of hydrogen-bond donors (Lipinski definition) is 2. The van der Waals surface area contributed by atoms with Crippen molar-refractivity contribution < 1.29 is 9.18 Å². The lowest BCUT2D eigenvalue weighted by molar-refractivity contribution is -0.126. The van der Waals surface area contributed by atoms with E-state index in [1.165, 1.54) is 25.3 Å². The standard InChI is InChI=1S/C21H15FN6O3/c1-11(17-14(22)7-12(8-23)10-25-17)26-19(30)21(5-6-21)28-18(29)16-13(9-24)3-2-4-15(16)27-20(28)31/h2-4,7,10-11H,5-6H2,1H3,(H,26,30)(H,27,31)/t11-/m1/s1. The van der Waals surface area contributed by atoms with Crippen LogP contribution in [-0.2, 0) is 10.3 Å². The number of nitrogens with one attached hydrogen (secondary N) is 2. The van der Waals surface area contributed by atoms with Gasteiger partial charge in [-0.05, 0) is 38.0 Å². The van der Waals surface area contributed by atoms with Gasteiger partial charge >= 0.3 is 5.69 Å². The maximum atomic E-state index is 14.3. The Bertz CT molecular complexity index is 1440. The molecule has 2 N–H and O–H groups in total. The quantitative estimate of drug-likeness (QED) is 0.654. The van der Waals surface area contributed by atoms with Gasteiger partial charge in [-0.1, -0.05) is 6.07 Å². The molecule has 1 fully saturated rings. The van der Waals surface area contributed by atoms with Gasteiger partial charge in [0.05, 0.1) is 33.8 Å². The summed E-state index contributed by atoms with van der Waals surface area (Å²) in [6.07, 6.45) is 1.66. The van der Waals surface area contributed by atoms with Crippen molar-refractivity contribution in [2.45, 2.75) is 31.3 Å². The van der Waals surface area contributed by atoms with Gasteiger partial charge < -0.3 is 10.3 Å². The van der Waals surface area contributed by atoms with E-state index in [2.05, 4.69) is 15.3 Å². The summed E-state index contributed by atoms with van der Waals surface area (Å²) in [7, 11) is 0. The zero-order valence-corrected chi connectivity index (χ0v) is 16.3. The Labute approximate surface area is 174 Å². The van der Waals surface area contributed by atoms with Crippen molar-refractivity contribution in [3.8, 4) is 12.1 Å². The van der Waals surface area contributed by atoms with Crippen LogP contribution in [0.25, 0.3) is 10.9 Å². The number of amides is 1. The fourth-order valence-electron chi connectivity index (χ4n) is 3.64. The summed E-state index contributed by atoms with van der Waals surface area (Å²) in [4.78, 5) is 45.3. The smallest absolute Gasteiger partial charge is 0.329 e.